The van der Waals surface area contributed by atoms with Gasteiger partial charge in [-0.2, -0.15) is 0 Å². The standard InChI is InChI=1S/C22H32N4O2.HI/c1-17(2)16-25-22(24-13-11-20-9-6-14-28-20)23-12-10-18-7-5-8-19(15-18)21(27)26(3)4;/h5-9,14-15,17H,10-13,16H2,1-4H3,(H2,23,24,25);1H. The zero-order chi connectivity index (χ0) is 20.4. The van der Waals surface area contributed by atoms with Gasteiger partial charge in [0.1, 0.15) is 5.76 Å². The molecule has 0 aliphatic carbocycles. The maximum atomic E-state index is 12.1. The molecule has 0 atom stereocenters. The third-order valence-corrected chi connectivity index (χ3v) is 4.14. The minimum atomic E-state index is 0. The van der Waals surface area contributed by atoms with E-state index in [1.807, 2.05) is 36.4 Å². The van der Waals surface area contributed by atoms with Crippen molar-refractivity contribution in [3.8, 4) is 0 Å². The number of hydrogen-bond donors (Lipinski definition) is 2. The first-order valence-corrected chi connectivity index (χ1v) is 9.81. The number of benzene rings is 1. The molecule has 0 spiro atoms. The highest BCUT2D eigenvalue weighted by Crippen LogP contribution is 2.08. The van der Waals surface area contributed by atoms with Crippen LogP contribution in [0.2, 0.25) is 0 Å². The number of rotatable bonds is 9. The number of halogens is 1. The lowest BCUT2D eigenvalue weighted by atomic mass is 10.1. The van der Waals surface area contributed by atoms with Crippen LogP contribution < -0.4 is 10.6 Å². The van der Waals surface area contributed by atoms with Crippen molar-refractivity contribution >= 4 is 35.8 Å². The van der Waals surface area contributed by atoms with Gasteiger partial charge in [-0.05, 0) is 42.2 Å². The lowest BCUT2D eigenvalue weighted by Crippen LogP contribution is -2.39. The first kappa shape index (κ1) is 25.0. The van der Waals surface area contributed by atoms with Crippen molar-refractivity contribution in [1.29, 1.82) is 0 Å². The lowest BCUT2D eigenvalue weighted by Gasteiger charge is -2.14. The van der Waals surface area contributed by atoms with Crippen LogP contribution in [-0.4, -0.2) is 50.5 Å². The highest BCUT2D eigenvalue weighted by molar-refractivity contribution is 14.0. The molecule has 0 saturated heterocycles. The Labute approximate surface area is 191 Å². The zero-order valence-electron chi connectivity index (χ0n) is 17.8. The van der Waals surface area contributed by atoms with Crippen LogP contribution in [0.4, 0.5) is 0 Å². The molecule has 29 heavy (non-hydrogen) atoms. The number of guanidine groups is 1. The van der Waals surface area contributed by atoms with Crippen LogP contribution in [-0.2, 0) is 12.8 Å². The molecule has 0 aliphatic heterocycles. The highest BCUT2D eigenvalue weighted by atomic mass is 127. The van der Waals surface area contributed by atoms with Crippen LogP contribution in [0, 0.1) is 5.92 Å². The molecular weight excluding hydrogens is 479 g/mol. The molecule has 0 radical (unpaired) electrons. The molecule has 2 aromatic rings. The predicted molar refractivity (Wildman–Crippen MR) is 129 cm³/mol. The van der Waals surface area contributed by atoms with E-state index < -0.39 is 0 Å². The van der Waals surface area contributed by atoms with Crippen molar-refractivity contribution in [2.45, 2.75) is 26.7 Å². The minimum Gasteiger partial charge on any atom is -0.469 e. The van der Waals surface area contributed by atoms with Gasteiger partial charge in [0.05, 0.1) is 6.26 Å². The van der Waals surface area contributed by atoms with E-state index in [0.29, 0.717) is 11.5 Å². The van der Waals surface area contributed by atoms with Gasteiger partial charge in [0.2, 0.25) is 0 Å². The third-order valence-electron chi connectivity index (χ3n) is 4.14. The molecule has 2 rings (SSSR count). The van der Waals surface area contributed by atoms with Crippen LogP contribution >= 0.6 is 24.0 Å². The van der Waals surface area contributed by atoms with Crippen molar-refractivity contribution in [3.05, 3.63) is 59.5 Å². The molecule has 1 heterocycles. The zero-order valence-corrected chi connectivity index (χ0v) is 20.1. The molecule has 0 saturated carbocycles. The Balaban J connectivity index is 0.00000420. The Morgan fingerprint density at radius 3 is 2.45 bits per heavy atom. The van der Waals surface area contributed by atoms with Gasteiger partial charge in [-0.15, -0.1) is 24.0 Å². The first-order valence-electron chi connectivity index (χ1n) is 9.81. The van der Waals surface area contributed by atoms with Crippen molar-refractivity contribution < 1.29 is 9.21 Å². The van der Waals surface area contributed by atoms with Crippen LogP contribution in [0.3, 0.4) is 0 Å². The molecule has 0 bridgehead atoms. The number of aliphatic imine (C=N–C) groups is 1. The number of hydrogen-bond acceptors (Lipinski definition) is 3. The lowest BCUT2D eigenvalue weighted by molar-refractivity contribution is 0.0827. The van der Waals surface area contributed by atoms with Crippen LogP contribution in [0.5, 0.6) is 0 Å². The smallest absolute Gasteiger partial charge is 0.253 e. The molecule has 0 unspecified atom stereocenters. The van der Waals surface area contributed by atoms with Gasteiger partial charge in [0.25, 0.3) is 5.91 Å². The second-order valence-electron chi connectivity index (χ2n) is 7.42. The van der Waals surface area contributed by atoms with Crippen molar-refractivity contribution in [2.24, 2.45) is 10.9 Å². The van der Waals surface area contributed by atoms with E-state index in [2.05, 4.69) is 29.5 Å². The predicted octanol–water partition coefficient (Wildman–Crippen LogP) is 3.58. The van der Waals surface area contributed by atoms with Crippen LogP contribution in [0.25, 0.3) is 0 Å². The summed E-state index contributed by atoms with van der Waals surface area (Å²) in [5.41, 5.74) is 1.84. The summed E-state index contributed by atoms with van der Waals surface area (Å²) in [5.74, 6) is 2.28. The number of nitrogens with one attached hydrogen (secondary N) is 2. The summed E-state index contributed by atoms with van der Waals surface area (Å²) in [4.78, 5) is 18.4. The van der Waals surface area contributed by atoms with Gasteiger partial charge in [-0.25, -0.2) is 0 Å². The molecular formula is C22H33IN4O2. The summed E-state index contributed by atoms with van der Waals surface area (Å²) in [6, 6.07) is 11.7. The van der Waals surface area contributed by atoms with Crippen molar-refractivity contribution in [3.63, 3.8) is 0 Å². The summed E-state index contributed by atoms with van der Waals surface area (Å²) in [7, 11) is 3.53. The van der Waals surface area contributed by atoms with Gasteiger partial charge < -0.3 is 20.0 Å². The molecule has 1 aromatic heterocycles. The summed E-state index contributed by atoms with van der Waals surface area (Å²) in [6.45, 7) is 6.56. The second-order valence-corrected chi connectivity index (χ2v) is 7.42. The molecule has 6 nitrogen and oxygen atoms in total. The van der Waals surface area contributed by atoms with Gasteiger partial charge in [0.15, 0.2) is 5.96 Å². The SMILES string of the molecule is CC(C)CN=C(NCCc1cccc(C(=O)N(C)C)c1)NCCc1ccco1.I. The number of amides is 1. The molecule has 1 aromatic carbocycles. The normalized spacial score (nSPS) is 11.1. The average molecular weight is 512 g/mol. The second kappa shape index (κ2) is 13.2. The minimum absolute atomic E-state index is 0. The maximum absolute atomic E-state index is 12.1. The van der Waals surface area contributed by atoms with E-state index in [4.69, 9.17) is 4.42 Å². The van der Waals surface area contributed by atoms with E-state index in [1.165, 1.54) is 0 Å². The number of carbonyl (C=O) groups excluding carboxylic acids is 1. The summed E-state index contributed by atoms with van der Waals surface area (Å²) >= 11 is 0. The van der Waals surface area contributed by atoms with Gasteiger partial charge in [-0.1, -0.05) is 26.0 Å². The average Bonchev–Trinajstić information content (AvgIpc) is 3.18. The van der Waals surface area contributed by atoms with E-state index >= 15 is 0 Å². The van der Waals surface area contributed by atoms with Gasteiger partial charge in [0, 0.05) is 45.7 Å². The summed E-state index contributed by atoms with van der Waals surface area (Å²) in [6.07, 6.45) is 3.32. The molecule has 0 fully saturated rings. The van der Waals surface area contributed by atoms with E-state index in [1.54, 1.807) is 25.3 Å². The Kier molecular flexibility index (Phi) is 11.4. The Bertz CT molecular complexity index is 758. The Morgan fingerprint density at radius 1 is 1.10 bits per heavy atom. The number of carbonyl (C=O) groups is 1. The quantitative estimate of drug-likeness (QED) is 0.306. The number of nitrogens with zero attached hydrogens (tertiary/aromatic N) is 2. The topological polar surface area (TPSA) is 69.9 Å². The Morgan fingerprint density at radius 2 is 1.83 bits per heavy atom. The van der Waals surface area contributed by atoms with E-state index in [-0.39, 0.29) is 29.9 Å². The monoisotopic (exact) mass is 512 g/mol. The fourth-order valence-corrected chi connectivity index (χ4v) is 2.65. The first-order chi connectivity index (χ1) is 13.5. The fourth-order valence-electron chi connectivity index (χ4n) is 2.65. The third kappa shape index (κ3) is 9.34. The fraction of sp³-hybridized carbons (Fsp3) is 0.455. The van der Waals surface area contributed by atoms with Gasteiger partial charge in [-0.3, -0.25) is 9.79 Å². The van der Waals surface area contributed by atoms with Crippen molar-refractivity contribution in [1.82, 2.24) is 15.5 Å². The molecule has 0 aliphatic rings. The van der Waals surface area contributed by atoms with E-state index in [9.17, 15) is 4.79 Å². The summed E-state index contributed by atoms with van der Waals surface area (Å²) in [5, 5.41) is 6.75. The Hall–Kier alpha value is -2.03. The maximum Gasteiger partial charge on any atom is 0.253 e. The molecule has 7 heteroatoms. The molecule has 160 valence electrons. The van der Waals surface area contributed by atoms with Crippen LogP contribution in [0.1, 0.15) is 35.5 Å². The largest absolute Gasteiger partial charge is 0.469 e. The highest BCUT2D eigenvalue weighted by Gasteiger charge is 2.08. The van der Waals surface area contributed by atoms with Crippen molar-refractivity contribution in [2.75, 3.05) is 33.7 Å². The van der Waals surface area contributed by atoms with Gasteiger partial charge >= 0.3 is 0 Å². The molecule has 1 amide bonds. The van der Waals surface area contributed by atoms with Crippen LogP contribution in [0.15, 0.2) is 52.1 Å². The van der Waals surface area contributed by atoms with E-state index in [0.717, 1.165) is 49.8 Å². The summed E-state index contributed by atoms with van der Waals surface area (Å²) < 4.78 is 5.37. The number of furan rings is 1. The molecule has 2 N–H and O–H groups in total.